The maximum atomic E-state index is 13.8. The van der Waals surface area contributed by atoms with Gasteiger partial charge in [-0.3, -0.25) is 9.48 Å². The predicted molar refractivity (Wildman–Crippen MR) is 144 cm³/mol. The number of aliphatic hydroxyl groups excluding tert-OH is 1. The van der Waals surface area contributed by atoms with Gasteiger partial charge in [0.15, 0.2) is 11.6 Å². The van der Waals surface area contributed by atoms with Crippen LogP contribution in [0.25, 0.3) is 10.9 Å². The lowest BCUT2D eigenvalue weighted by atomic mass is 10.2. The number of rotatable bonds is 14. The van der Waals surface area contributed by atoms with E-state index in [1.807, 2.05) is 18.2 Å². The van der Waals surface area contributed by atoms with Crippen molar-refractivity contribution in [3.05, 3.63) is 66.8 Å². The van der Waals surface area contributed by atoms with E-state index in [1.54, 1.807) is 6.20 Å². The molecule has 3 N–H and O–H groups in total. The molecule has 0 atom stereocenters. The molecule has 4 rings (SSSR count). The quantitative estimate of drug-likeness (QED) is 0.206. The number of nitrogens with one attached hydrogen (secondary N) is 2. The molecule has 1 amide bonds. The second-order valence-electron chi connectivity index (χ2n) is 8.82. The summed E-state index contributed by atoms with van der Waals surface area (Å²) in [6.07, 6.45) is 6.21. The molecule has 4 aromatic rings. The first-order chi connectivity index (χ1) is 19.0. The van der Waals surface area contributed by atoms with E-state index in [2.05, 4.69) is 37.5 Å². The molecule has 206 valence electrons. The predicted octanol–water partition coefficient (Wildman–Crippen LogP) is 3.96. The Kier molecular flexibility index (Phi) is 9.70. The van der Waals surface area contributed by atoms with Crippen molar-refractivity contribution in [1.29, 1.82) is 0 Å². The molecule has 2 aromatic heterocycles. The van der Waals surface area contributed by atoms with Crippen LogP contribution in [-0.4, -0.2) is 68.5 Å². The van der Waals surface area contributed by atoms with Gasteiger partial charge in [0, 0.05) is 37.3 Å². The van der Waals surface area contributed by atoms with E-state index in [0.717, 1.165) is 43.9 Å². The number of anilines is 3. The lowest BCUT2D eigenvalue weighted by molar-refractivity contribution is -0.116. The molecule has 0 aliphatic carbocycles. The van der Waals surface area contributed by atoms with Crippen LogP contribution in [0.15, 0.2) is 55.1 Å². The van der Waals surface area contributed by atoms with Gasteiger partial charge in [-0.05, 0) is 43.7 Å². The fraction of sp³-hybridized carbons (Fsp3) is 0.333. The molecule has 0 fully saturated rings. The molecule has 39 heavy (non-hydrogen) atoms. The van der Waals surface area contributed by atoms with Gasteiger partial charge in [-0.25, -0.2) is 18.7 Å². The Morgan fingerprint density at radius 2 is 2.00 bits per heavy atom. The molecule has 0 aliphatic rings. The Bertz CT molecular complexity index is 1400. The van der Waals surface area contributed by atoms with Gasteiger partial charge in [0.2, 0.25) is 5.91 Å². The normalized spacial score (nSPS) is 11.2. The number of aromatic nitrogens is 4. The summed E-state index contributed by atoms with van der Waals surface area (Å²) in [6.45, 7) is 5.38. The van der Waals surface area contributed by atoms with Crippen molar-refractivity contribution in [2.45, 2.75) is 26.3 Å². The molecule has 2 heterocycles. The molecule has 12 heteroatoms. The van der Waals surface area contributed by atoms with Crippen LogP contribution < -0.4 is 15.4 Å². The summed E-state index contributed by atoms with van der Waals surface area (Å²) >= 11 is 0. The van der Waals surface area contributed by atoms with Crippen molar-refractivity contribution in [3.8, 4) is 5.75 Å². The van der Waals surface area contributed by atoms with E-state index in [-0.39, 0.29) is 18.8 Å². The average molecular weight is 540 g/mol. The Labute approximate surface area is 224 Å². The number of fused-ring (bicyclic) bond motifs is 1. The molecule has 0 radical (unpaired) electrons. The molecule has 0 aliphatic heterocycles. The van der Waals surface area contributed by atoms with Gasteiger partial charge in [-0.2, -0.15) is 5.10 Å². The van der Waals surface area contributed by atoms with Crippen molar-refractivity contribution >= 4 is 34.0 Å². The molecule has 0 bridgehead atoms. The number of halogens is 2. The van der Waals surface area contributed by atoms with E-state index in [1.165, 1.54) is 29.3 Å². The highest BCUT2D eigenvalue weighted by Crippen LogP contribution is 2.26. The standard InChI is InChI=1S/C27H31F2N7O3/c1-2-35(10-4-12-37)11-5-13-39-20-8-9-21-24(14-20)30-18-31-27(21)33-19-15-32-36(16-19)17-25(38)34-23-7-3-6-22(28)26(23)29/h3,6-9,14-16,18,37H,2,4-5,10-13,17H2,1H3,(H,34,38)(H,30,31,33). The molecule has 0 unspecified atom stereocenters. The zero-order valence-corrected chi connectivity index (χ0v) is 21.6. The maximum Gasteiger partial charge on any atom is 0.246 e. The summed E-state index contributed by atoms with van der Waals surface area (Å²) in [6, 6.07) is 9.16. The van der Waals surface area contributed by atoms with Gasteiger partial charge < -0.3 is 25.4 Å². The highest BCUT2D eigenvalue weighted by Gasteiger charge is 2.13. The molecule has 0 spiro atoms. The highest BCUT2D eigenvalue weighted by atomic mass is 19.2. The number of nitrogens with zero attached hydrogens (tertiary/aromatic N) is 5. The topological polar surface area (TPSA) is 117 Å². The number of hydrogen-bond donors (Lipinski definition) is 3. The van der Waals surface area contributed by atoms with E-state index < -0.39 is 17.5 Å². The van der Waals surface area contributed by atoms with Gasteiger partial charge in [-0.15, -0.1) is 0 Å². The molecular weight excluding hydrogens is 508 g/mol. The maximum absolute atomic E-state index is 13.8. The summed E-state index contributed by atoms with van der Waals surface area (Å²) in [5.41, 5.74) is 1.05. The number of aliphatic hydroxyl groups is 1. The lowest BCUT2D eigenvalue weighted by Gasteiger charge is -2.19. The number of carbonyl (C=O) groups excluding carboxylic acids is 1. The Morgan fingerprint density at radius 3 is 2.82 bits per heavy atom. The summed E-state index contributed by atoms with van der Waals surface area (Å²) < 4.78 is 34.5. The number of hydrogen-bond acceptors (Lipinski definition) is 8. The zero-order valence-electron chi connectivity index (χ0n) is 21.6. The van der Waals surface area contributed by atoms with Crippen molar-refractivity contribution in [1.82, 2.24) is 24.6 Å². The van der Waals surface area contributed by atoms with Crippen LogP contribution in [0.2, 0.25) is 0 Å². The number of amides is 1. The van der Waals surface area contributed by atoms with Crippen LogP contribution in [-0.2, 0) is 11.3 Å². The summed E-state index contributed by atoms with van der Waals surface area (Å²) in [5, 5.41) is 19.5. The van der Waals surface area contributed by atoms with Crippen LogP contribution in [0, 0.1) is 11.6 Å². The third-order valence-electron chi connectivity index (χ3n) is 6.00. The Morgan fingerprint density at radius 1 is 1.15 bits per heavy atom. The van der Waals surface area contributed by atoms with E-state index in [9.17, 15) is 13.6 Å². The van der Waals surface area contributed by atoms with Crippen molar-refractivity contribution in [2.24, 2.45) is 0 Å². The minimum absolute atomic E-state index is 0.194. The Balaban J connectivity index is 1.33. The summed E-state index contributed by atoms with van der Waals surface area (Å²) in [4.78, 5) is 23.2. The SMILES string of the molecule is CCN(CCCO)CCCOc1ccc2c(Nc3cnn(CC(=O)Nc4cccc(F)c4F)c3)ncnc2c1. The fourth-order valence-electron chi connectivity index (χ4n) is 4.02. The van der Waals surface area contributed by atoms with Gasteiger partial charge in [-0.1, -0.05) is 13.0 Å². The minimum atomic E-state index is -1.12. The number of benzene rings is 2. The largest absolute Gasteiger partial charge is 0.493 e. The molecule has 0 saturated carbocycles. The lowest BCUT2D eigenvalue weighted by Crippen LogP contribution is -2.27. The first-order valence-electron chi connectivity index (χ1n) is 12.7. The highest BCUT2D eigenvalue weighted by molar-refractivity contribution is 5.92. The van der Waals surface area contributed by atoms with Gasteiger partial charge in [0.1, 0.15) is 24.4 Å². The zero-order chi connectivity index (χ0) is 27.6. The average Bonchev–Trinajstić information content (AvgIpc) is 3.37. The molecular formula is C27H31F2N7O3. The van der Waals surface area contributed by atoms with Gasteiger partial charge in [0.25, 0.3) is 0 Å². The Hall–Kier alpha value is -4.16. The van der Waals surface area contributed by atoms with Crippen LogP contribution in [0.4, 0.5) is 26.0 Å². The molecule has 10 nitrogen and oxygen atoms in total. The van der Waals surface area contributed by atoms with Gasteiger partial charge >= 0.3 is 0 Å². The van der Waals surface area contributed by atoms with Crippen molar-refractivity contribution in [3.63, 3.8) is 0 Å². The van der Waals surface area contributed by atoms with Crippen LogP contribution in [0.1, 0.15) is 19.8 Å². The third kappa shape index (κ3) is 7.68. The van der Waals surface area contributed by atoms with Crippen molar-refractivity contribution in [2.75, 3.05) is 43.5 Å². The van der Waals surface area contributed by atoms with E-state index >= 15 is 0 Å². The second-order valence-corrected chi connectivity index (χ2v) is 8.82. The van der Waals surface area contributed by atoms with Gasteiger partial charge in [0.05, 0.1) is 29.7 Å². The summed E-state index contributed by atoms with van der Waals surface area (Å²) in [7, 11) is 0. The monoisotopic (exact) mass is 539 g/mol. The first-order valence-corrected chi connectivity index (χ1v) is 12.7. The second kappa shape index (κ2) is 13.6. The van der Waals surface area contributed by atoms with Crippen molar-refractivity contribution < 1.29 is 23.4 Å². The summed E-state index contributed by atoms with van der Waals surface area (Å²) in [5.74, 6) is -1.45. The van der Waals surface area contributed by atoms with Crippen LogP contribution in [0.3, 0.4) is 0 Å². The van der Waals surface area contributed by atoms with Crippen LogP contribution >= 0.6 is 0 Å². The molecule has 0 saturated heterocycles. The first kappa shape index (κ1) is 27.9. The van der Waals surface area contributed by atoms with E-state index in [4.69, 9.17) is 9.84 Å². The number of carbonyl (C=O) groups is 1. The fourth-order valence-corrected chi connectivity index (χ4v) is 4.02. The number of ether oxygens (including phenoxy) is 1. The third-order valence-corrected chi connectivity index (χ3v) is 6.00. The van der Waals surface area contributed by atoms with Crippen LogP contribution in [0.5, 0.6) is 5.75 Å². The van der Waals surface area contributed by atoms with E-state index in [0.29, 0.717) is 29.4 Å². The minimum Gasteiger partial charge on any atom is -0.493 e. The molecule has 2 aromatic carbocycles. The smallest absolute Gasteiger partial charge is 0.246 e.